The minimum absolute atomic E-state index is 0.0556. The predicted molar refractivity (Wildman–Crippen MR) is 73.5 cm³/mol. The summed E-state index contributed by atoms with van der Waals surface area (Å²) < 4.78 is 1.59. The Morgan fingerprint density at radius 1 is 1.40 bits per heavy atom. The van der Waals surface area contributed by atoms with Gasteiger partial charge in [0.2, 0.25) is 0 Å². The highest BCUT2D eigenvalue weighted by Crippen LogP contribution is 2.38. The van der Waals surface area contributed by atoms with Crippen LogP contribution in [0.1, 0.15) is 30.1 Å². The molecule has 20 heavy (non-hydrogen) atoms. The molecular weight excluding hydrogens is 254 g/mol. The van der Waals surface area contributed by atoms with E-state index in [1.807, 2.05) is 6.07 Å². The second-order valence-corrected chi connectivity index (χ2v) is 5.16. The first-order chi connectivity index (χ1) is 9.81. The third kappa shape index (κ3) is 1.89. The van der Waals surface area contributed by atoms with Crippen LogP contribution in [0.25, 0.3) is 10.9 Å². The molecule has 1 aliphatic rings. The van der Waals surface area contributed by atoms with Crippen LogP contribution < -0.4 is 5.56 Å². The number of aromatic amines is 1. The number of aromatic nitrogens is 5. The Bertz CT molecular complexity index is 831. The summed E-state index contributed by atoms with van der Waals surface area (Å²) >= 11 is 0. The number of rotatable bonds is 3. The van der Waals surface area contributed by atoms with Gasteiger partial charge >= 0.3 is 0 Å². The van der Waals surface area contributed by atoms with E-state index < -0.39 is 0 Å². The van der Waals surface area contributed by atoms with Crippen LogP contribution in [0.3, 0.4) is 0 Å². The second-order valence-electron chi connectivity index (χ2n) is 5.16. The van der Waals surface area contributed by atoms with Crippen LogP contribution in [0.2, 0.25) is 0 Å². The lowest BCUT2D eigenvalue weighted by molar-refractivity contribution is 0.725. The number of H-pyrrole nitrogens is 1. The van der Waals surface area contributed by atoms with Gasteiger partial charge in [-0.05, 0) is 25.0 Å². The monoisotopic (exact) mass is 267 g/mol. The van der Waals surface area contributed by atoms with Crippen molar-refractivity contribution in [1.82, 2.24) is 24.7 Å². The third-order valence-corrected chi connectivity index (χ3v) is 3.61. The lowest BCUT2D eigenvalue weighted by Gasteiger charge is -2.04. The summed E-state index contributed by atoms with van der Waals surface area (Å²) in [5, 5.41) is 7.88. The van der Waals surface area contributed by atoms with Crippen molar-refractivity contribution < 1.29 is 0 Å². The maximum absolute atomic E-state index is 12.3. The first kappa shape index (κ1) is 11.3. The van der Waals surface area contributed by atoms with Crippen molar-refractivity contribution >= 4 is 10.9 Å². The molecule has 0 saturated heterocycles. The van der Waals surface area contributed by atoms with Gasteiger partial charge in [-0.15, -0.1) is 0 Å². The second kappa shape index (κ2) is 4.26. The fourth-order valence-corrected chi connectivity index (χ4v) is 2.35. The predicted octanol–water partition coefficient (Wildman–Crippen LogP) is 1.44. The van der Waals surface area contributed by atoms with Crippen LogP contribution >= 0.6 is 0 Å². The first-order valence-corrected chi connectivity index (χ1v) is 6.64. The van der Waals surface area contributed by atoms with E-state index in [0.29, 0.717) is 23.4 Å². The van der Waals surface area contributed by atoms with Crippen LogP contribution in [0.5, 0.6) is 0 Å². The molecule has 1 N–H and O–H groups in total. The first-order valence-electron chi connectivity index (χ1n) is 6.64. The zero-order chi connectivity index (χ0) is 13.5. The van der Waals surface area contributed by atoms with Gasteiger partial charge in [0.05, 0.1) is 41.4 Å². The molecule has 0 unspecified atom stereocenters. The molecule has 3 aromatic rings. The fraction of sp³-hybridized carbons (Fsp3) is 0.286. The molecule has 6 nitrogen and oxygen atoms in total. The lowest BCUT2D eigenvalue weighted by Crippen LogP contribution is -2.21. The molecule has 0 bridgehead atoms. The fourth-order valence-electron chi connectivity index (χ4n) is 2.35. The number of nitrogens with one attached hydrogen (secondary N) is 1. The number of hydrogen-bond acceptors (Lipinski definition) is 4. The van der Waals surface area contributed by atoms with Gasteiger partial charge in [0.15, 0.2) is 0 Å². The smallest absolute Gasteiger partial charge is 0.261 e. The molecule has 100 valence electrons. The van der Waals surface area contributed by atoms with Gasteiger partial charge in [-0.1, -0.05) is 0 Å². The topological polar surface area (TPSA) is 76.5 Å². The molecule has 0 aromatic carbocycles. The zero-order valence-corrected chi connectivity index (χ0v) is 10.8. The van der Waals surface area contributed by atoms with Crippen molar-refractivity contribution in [3.8, 4) is 0 Å². The van der Waals surface area contributed by atoms with Crippen LogP contribution in [-0.4, -0.2) is 24.7 Å². The molecular formula is C14H13N5O. The minimum atomic E-state index is -0.0556. The quantitative estimate of drug-likeness (QED) is 0.779. The molecule has 0 spiro atoms. The van der Waals surface area contributed by atoms with Gasteiger partial charge in [-0.2, -0.15) is 5.10 Å². The molecule has 4 rings (SSSR count). The summed E-state index contributed by atoms with van der Waals surface area (Å²) in [7, 11) is 0. The molecule has 3 heterocycles. The molecule has 3 aromatic heterocycles. The standard InChI is InChI=1S/C14H13N5O/c20-14-11-3-4-15-6-13(11)16-8-19(14)7-10-5-12(18-17-10)9-1-2-9/h3-6,8-9H,1-2,7H2,(H,17,18). The van der Waals surface area contributed by atoms with E-state index >= 15 is 0 Å². The molecule has 6 heteroatoms. The van der Waals surface area contributed by atoms with Crippen LogP contribution in [-0.2, 0) is 6.54 Å². The SMILES string of the molecule is O=c1c2ccncc2ncn1Cc1cc(C2CC2)n[nH]1. The third-order valence-electron chi connectivity index (χ3n) is 3.61. The van der Waals surface area contributed by atoms with E-state index in [9.17, 15) is 4.79 Å². The summed E-state index contributed by atoms with van der Waals surface area (Å²) in [5.74, 6) is 0.609. The van der Waals surface area contributed by atoms with E-state index in [-0.39, 0.29) is 5.56 Å². The average Bonchev–Trinajstić information content (AvgIpc) is 3.23. The number of pyridine rings is 1. The van der Waals surface area contributed by atoms with E-state index in [4.69, 9.17) is 0 Å². The van der Waals surface area contributed by atoms with Crippen molar-refractivity contribution in [1.29, 1.82) is 0 Å². The Hall–Kier alpha value is -2.50. The minimum Gasteiger partial charge on any atom is -0.293 e. The summed E-state index contributed by atoms with van der Waals surface area (Å²) in [6.45, 7) is 0.462. The Kier molecular flexibility index (Phi) is 2.42. The van der Waals surface area contributed by atoms with Crippen molar-refractivity contribution in [3.63, 3.8) is 0 Å². The van der Waals surface area contributed by atoms with Crippen molar-refractivity contribution in [2.45, 2.75) is 25.3 Å². The molecule has 1 aliphatic carbocycles. The number of hydrogen-bond donors (Lipinski definition) is 1. The van der Waals surface area contributed by atoms with Gasteiger partial charge < -0.3 is 0 Å². The van der Waals surface area contributed by atoms with Gasteiger partial charge in [0, 0.05) is 12.1 Å². The molecule has 0 radical (unpaired) electrons. The van der Waals surface area contributed by atoms with E-state index in [1.165, 1.54) is 12.8 Å². The van der Waals surface area contributed by atoms with Crippen molar-refractivity contribution in [2.24, 2.45) is 0 Å². The van der Waals surface area contributed by atoms with Crippen molar-refractivity contribution in [2.75, 3.05) is 0 Å². The van der Waals surface area contributed by atoms with Gasteiger partial charge in [0.25, 0.3) is 5.56 Å². The van der Waals surface area contributed by atoms with Gasteiger partial charge in [-0.3, -0.25) is 19.4 Å². The molecule has 1 fully saturated rings. The summed E-state index contributed by atoms with van der Waals surface area (Å²) in [6.07, 6.45) is 7.20. The zero-order valence-electron chi connectivity index (χ0n) is 10.8. The summed E-state index contributed by atoms with van der Waals surface area (Å²) in [5.41, 5.74) is 2.60. The maximum Gasteiger partial charge on any atom is 0.261 e. The Morgan fingerprint density at radius 2 is 2.30 bits per heavy atom. The molecule has 0 atom stereocenters. The Balaban J connectivity index is 1.70. The average molecular weight is 267 g/mol. The Morgan fingerprint density at radius 3 is 3.15 bits per heavy atom. The van der Waals surface area contributed by atoms with Crippen LogP contribution in [0.15, 0.2) is 35.6 Å². The normalized spacial score (nSPS) is 14.8. The summed E-state index contributed by atoms with van der Waals surface area (Å²) in [6, 6.07) is 3.74. The van der Waals surface area contributed by atoms with Crippen LogP contribution in [0, 0.1) is 0 Å². The van der Waals surface area contributed by atoms with Crippen LogP contribution in [0.4, 0.5) is 0 Å². The molecule has 1 saturated carbocycles. The van der Waals surface area contributed by atoms with Gasteiger partial charge in [0.1, 0.15) is 0 Å². The highest BCUT2D eigenvalue weighted by Gasteiger charge is 2.26. The van der Waals surface area contributed by atoms with E-state index in [2.05, 4.69) is 20.2 Å². The largest absolute Gasteiger partial charge is 0.293 e. The highest BCUT2D eigenvalue weighted by atomic mass is 16.1. The maximum atomic E-state index is 12.3. The van der Waals surface area contributed by atoms with Gasteiger partial charge in [-0.25, -0.2) is 4.98 Å². The Labute approximate surface area is 114 Å². The molecule has 0 amide bonds. The van der Waals surface area contributed by atoms with E-state index in [1.54, 1.807) is 29.4 Å². The lowest BCUT2D eigenvalue weighted by atomic mass is 10.2. The highest BCUT2D eigenvalue weighted by molar-refractivity contribution is 5.75. The van der Waals surface area contributed by atoms with E-state index in [0.717, 1.165) is 11.4 Å². The number of nitrogens with zero attached hydrogens (tertiary/aromatic N) is 4. The summed E-state index contributed by atoms with van der Waals surface area (Å²) in [4.78, 5) is 20.6. The van der Waals surface area contributed by atoms with Crippen molar-refractivity contribution in [3.05, 3.63) is 52.6 Å². The number of fused-ring (bicyclic) bond motifs is 1. The molecule has 0 aliphatic heterocycles.